The minimum atomic E-state index is -0.523. The van der Waals surface area contributed by atoms with E-state index in [-0.39, 0.29) is 34.9 Å². The molecule has 3 aromatic rings. The van der Waals surface area contributed by atoms with Crippen molar-refractivity contribution >= 4 is 17.5 Å². The first-order valence-corrected chi connectivity index (χ1v) is 12.1. The third-order valence-corrected chi connectivity index (χ3v) is 6.73. The Morgan fingerprint density at radius 3 is 2.69 bits per heavy atom. The number of nitrogens with one attached hydrogen (secondary N) is 1. The van der Waals surface area contributed by atoms with Crippen LogP contribution in [0.25, 0.3) is 11.3 Å². The van der Waals surface area contributed by atoms with Crippen molar-refractivity contribution in [2.45, 2.75) is 25.5 Å². The highest BCUT2D eigenvalue weighted by molar-refractivity contribution is 5.73. The van der Waals surface area contributed by atoms with Gasteiger partial charge in [-0.15, -0.1) is 0 Å². The van der Waals surface area contributed by atoms with E-state index in [1.807, 2.05) is 4.90 Å². The van der Waals surface area contributed by atoms with Crippen molar-refractivity contribution in [3.8, 4) is 11.3 Å². The lowest BCUT2D eigenvalue weighted by Gasteiger charge is -2.34. The van der Waals surface area contributed by atoms with Crippen molar-refractivity contribution in [1.82, 2.24) is 19.9 Å². The summed E-state index contributed by atoms with van der Waals surface area (Å²) in [5.74, 6) is -0.0510. The van der Waals surface area contributed by atoms with Crippen LogP contribution in [-0.4, -0.2) is 59.3 Å². The smallest absolute Gasteiger partial charge is 0.255 e. The molecule has 36 heavy (non-hydrogen) atoms. The summed E-state index contributed by atoms with van der Waals surface area (Å²) in [5.41, 5.74) is 2.40. The zero-order valence-electron chi connectivity index (χ0n) is 20.4. The number of ether oxygens (including phenoxy) is 1. The van der Waals surface area contributed by atoms with Crippen LogP contribution in [0.5, 0.6) is 0 Å². The van der Waals surface area contributed by atoms with E-state index >= 15 is 0 Å². The number of hydrogen-bond acceptors (Lipinski definition) is 7. The topological polar surface area (TPSA) is 92.6 Å². The summed E-state index contributed by atoms with van der Waals surface area (Å²) in [4.78, 5) is 36.7. The number of pyridine rings is 1. The molecule has 188 valence electrons. The second-order valence-electron chi connectivity index (χ2n) is 9.22. The molecule has 1 N–H and O–H groups in total. The second kappa shape index (κ2) is 10.1. The van der Waals surface area contributed by atoms with Crippen molar-refractivity contribution in [2.24, 2.45) is 7.05 Å². The van der Waals surface area contributed by atoms with Crippen LogP contribution in [0.4, 0.5) is 16.0 Å². The minimum Gasteiger partial charge on any atom is -0.370 e. The van der Waals surface area contributed by atoms with Crippen LogP contribution in [0.15, 0.2) is 53.6 Å². The number of morpholine rings is 1. The zero-order chi connectivity index (χ0) is 25.2. The SMILES string of the molecule is CC(=O)N[C@H]1CCN(c2ccc([C@H]3CN(c4nc(-c5ccncc5F)cc(=O)n4C)CCO3)cc2)C1. The Kier molecular flexibility index (Phi) is 6.69. The van der Waals surface area contributed by atoms with Gasteiger partial charge >= 0.3 is 0 Å². The Balaban J connectivity index is 1.33. The summed E-state index contributed by atoms with van der Waals surface area (Å²) in [7, 11) is 1.67. The number of aromatic nitrogens is 3. The van der Waals surface area contributed by atoms with Gasteiger partial charge in [-0.25, -0.2) is 9.37 Å². The van der Waals surface area contributed by atoms with Crippen LogP contribution < -0.4 is 20.7 Å². The van der Waals surface area contributed by atoms with Gasteiger partial charge in [0.25, 0.3) is 5.56 Å². The van der Waals surface area contributed by atoms with Gasteiger partial charge in [-0.05, 0) is 30.2 Å². The second-order valence-corrected chi connectivity index (χ2v) is 9.22. The molecule has 0 spiro atoms. The van der Waals surface area contributed by atoms with E-state index in [9.17, 15) is 14.0 Å². The summed E-state index contributed by atoms with van der Waals surface area (Å²) in [5, 5.41) is 2.99. The summed E-state index contributed by atoms with van der Waals surface area (Å²) in [6.07, 6.45) is 3.33. The van der Waals surface area contributed by atoms with E-state index in [0.717, 1.165) is 37.0 Å². The first-order chi connectivity index (χ1) is 17.4. The van der Waals surface area contributed by atoms with E-state index in [4.69, 9.17) is 4.74 Å². The lowest BCUT2D eigenvalue weighted by molar-refractivity contribution is -0.119. The predicted octanol–water partition coefficient (Wildman–Crippen LogP) is 2.27. The van der Waals surface area contributed by atoms with E-state index in [1.165, 1.54) is 22.9 Å². The first-order valence-electron chi connectivity index (χ1n) is 12.1. The van der Waals surface area contributed by atoms with Gasteiger partial charge in [0.2, 0.25) is 11.9 Å². The molecule has 2 saturated heterocycles. The molecule has 4 heterocycles. The third kappa shape index (κ3) is 4.94. The summed E-state index contributed by atoms with van der Waals surface area (Å²) in [6, 6.07) is 11.3. The van der Waals surface area contributed by atoms with Crippen molar-refractivity contribution < 1.29 is 13.9 Å². The summed E-state index contributed by atoms with van der Waals surface area (Å²) < 4.78 is 21.9. The fourth-order valence-corrected chi connectivity index (χ4v) is 4.86. The molecule has 2 aliphatic rings. The normalized spacial score (nSPS) is 20.0. The van der Waals surface area contributed by atoms with Crippen molar-refractivity contribution in [3.05, 3.63) is 70.5 Å². The van der Waals surface area contributed by atoms with Crippen molar-refractivity contribution in [2.75, 3.05) is 42.6 Å². The monoisotopic (exact) mass is 492 g/mol. The van der Waals surface area contributed by atoms with Gasteiger partial charge in [-0.3, -0.25) is 19.1 Å². The molecule has 0 saturated carbocycles. The standard InChI is InChI=1S/C26H29FN6O3/c1-17(34)29-19-8-10-32(15-19)20-5-3-18(4-6-20)24-16-33(11-12-36-24)26-30-23(13-25(35)31(26)2)21-7-9-28-14-22(21)27/h3-7,9,13-14,19,24H,8,10-12,15-16H2,1-2H3,(H,29,34)/t19-,24+/m0/s1. The van der Waals surface area contributed by atoms with Gasteiger partial charge in [0.15, 0.2) is 5.82 Å². The number of benzene rings is 1. The maximum atomic E-state index is 14.3. The van der Waals surface area contributed by atoms with E-state index in [2.05, 4.69) is 44.5 Å². The molecule has 10 heteroatoms. The Labute approximate surface area is 208 Å². The highest BCUT2D eigenvalue weighted by atomic mass is 19.1. The number of amides is 1. The molecular formula is C26H29FN6O3. The number of carbonyl (C=O) groups is 1. The quantitative estimate of drug-likeness (QED) is 0.584. The molecule has 1 amide bonds. The maximum Gasteiger partial charge on any atom is 0.255 e. The summed E-state index contributed by atoms with van der Waals surface area (Å²) >= 11 is 0. The maximum absolute atomic E-state index is 14.3. The van der Waals surface area contributed by atoms with Gasteiger partial charge in [0.1, 0.15) is 6.10 Å². The molecule has 2 aliphatic heterocycles. The largest absolute Gasteiger partial charge is 0.370 e. The molecule has 0 radical (unpaired) electrons. The first kappa shape index (κ1) is 23.9. The van der Waals surface area contributed by atoms with E-state index in [0.29, 0.717) is 25.6 Å². The number of anilines is 2. The van der Waals surface area contributed by atoms with E-state index < -0.39 is 5.82 Å². The number of halogens is 1. The molecule has 2 aromatic heterocycles. The summed E-state index contributed by atoms with van der Waals surface area (Å²) in [6.45, 7) is 4.78. The molecule has 2 atom stereocenters. The van der Waals surface area contributed by atoms with Gasteiger partial charge in [0.05, 0.1) is 25.0 Å². The van der Waals surface area contributed by atoms with Crippen molar-refractivity contribution in [1.29, 1.82) is 0 Å². The Morgan fingerprint density at radius 2 is 1.94 bits per heavy atom. The number of hydrogen-bond donors (Lipinski definition) is 1. The molecule has 5 rings (SSSR count). The molecule has 0 aliphatic carbocycles. The Hall–Kier alpha value is -3.79. The lowest BCUT2D eigenvalue weighted by atomic mass is 10.1. The minimum absolute atomic E-state index is 0.000336. The van der Waals surface area contributed by atoms with E-state index in [1.54, 1.807) is 14.0 Å². The Bertz CT molecular complexity index is 1310. The fraction of sp³-hybridized carbons (Fsp3) is 0.385. The van der Waals surface area contributed by atoms with Crippen LogP contribution in [0.2, 0.25) is 0 Å². The molecule has 9 nitrogen and oxygen atoms in total. The number of carbonyl (C=O) groups excluding carboxylic acids is 1. The lowest BCUT2D eigenvalue weighted by Crippen LogP contribution is -2.41. The molecule has 1 aromatic carbocycles. The van der Waals surface area contributed by atoms with Gasteiger partial charge < -0.3 is 19.9 Å². The van der Waals surface area contributed by atoms with Gasteiger partial charge in [-0.1, -0.05) is 12.1 Å². The van der Waals surface area contributed by atoms with Gasteiger partial charge in [-0.2, -0.15) is 0 Å². The van der Waals surface area contributed by atoms with Crippen LogP contribution in [0.1, 0.15) is 25.0 Å². The van der Waals surface area contributed by atoms with Crippen LogP contribution in [0, 0.1) is 5.82 Å². The van der Waals surface area contributed by atoms with Gasteiger partial charge in [0, 0.05) is 63.2 Å². The average molecular weight is 493 g/mol. The van der Waals surface area contributed by atoms with Crippen LogP contribution in [-0.2, 0) is 16.6 Å². The zero-order valence-corrected chi connectivity index (χ0v) is 20.4. The average Bonchev–Trinajstić information content (AvgIpc) is 3.34. The van der Waals surface area contributed by atoms with Crippen LogP contribution in [0.3, 0.4) is 0 Å². The predicted molar refractivity (Wildman–Crippen MR) is 134 cm³/mol. The van der Waals surface area contributed by atoms with Crippen molar-refractivity contribution in [3.63, 3.8) is 0 Å². The van der Waals surface area contributed by atoms with Crippen LogP contribution >= 0.6 is 0 Å². The molecule has 0 unspecified atom stereocenters. The highest BCUT2D eigenvalue weighted by Gasteiger charge is 2.27. The number of nitrogens with zero attached hydrogens (tertiary/aromatic N) is 5. The molecule has 2 fully saturated rings. The highest BCUT2D eigenvalue weighted by Crippen LogP contribution is 2.29. The fourth-order valence-electron chi connectivity index (χ4n) is 4.86. The molecular weight excluding hydrogens is 463 g/mol. The molecule has 0 bridgehead atoms. The Morgan fingerprint density at radius 1 is 1.14 bits per heavy atom. The third-order valence-electron chi connectivity index (χ3n) is 6.73. The number of rotatable bonds is 5.